The summed E-state index contributed by atoms with van der Waals surface area (Å²) in [6.45, 7) is 4.92. The molecule has 3 heteroatoms. The van der Waals surface area contributed by atoms with Crippen LogP contribution in [0, 0.1) is 5.92 Å². The van der Waals surface area contributed by atoms with Crippen molar-refractivity contribution in [2.75, 3.05) is 46.9 Å². The molecule has 0 atom stereocenters. The Labute approximate surface area is 75.0 Å². The van der Waals surface area contributed by atoms with E-state index in [1.807, 2.05) is 0 Å². The summed E-state index contributed by atoms with van der Waals surface area (Å²) >= 11 is 0. The summed E-state index contributed by atoms with van der Waals surface area (Å²) in [6, 6.07) is 0. The molecule has 0 spiro atoms. The van der Waals surface area contributed by atoms with Gasteiger partial charge in [0.05, 0.1) is 0 Å². The molecule has 0 saturated carbocycles. The van der Waals surface area contributed by atoms with Gasteiger partial charge in [-0.25, -0.2) is 0 Å². The summed E-state index contributed by atoms with van der Waals surface area (Å²) in [6.07, 6.45) is 1.24. The molecule has 0 aromatic carbocycles. The largest absolute Gasteiger partial charge is 0.396 e. The van der Waals surface area contributed by atoms with Gasteiger partial charge in [0.25, 0.3) is 0 Å². The Morgan fingerprint density at radius 1 is 1.42 bits per heavy atom. The van der Waals surface area contributed by atoms with Gasteiger partial charge in [-0.05, 0) is 33.6 Å². The zero-order chi connectivity index (χ0) is 8.97. The molecule has 0 aromatic rings. The summed E-state index contributed by atoms with van der Waals surface area (Å²) in [5.74, 6) is 0.560. The molecule has 0 aromatic heterocycles. The van der Waals surface area contributed by atoms with Crippen molar-refractivity contribution in [2.45, 2.75) is 6.42 Å². The molecular weight excluding hydrogens is 152 g/mol. The van der Waals surface area contributed by atoms with Crippen molar-refractivity contribution in [1.29, 1.82) is 0 Å². The van der Waals surface area contributed by atoms with E-state index in [1.54, 1.807) is 0 Å². The normalized spacial score (nSPS) is 20.0. The number of rotatable bonds is 5. The average molecular weight is 172 g/mol. The van der Waals surface area contributed by atoms with Crippen molar-refractivity contribution in [3.8, 4) is 0 Å². The van der Waals surface area contributed by atoms with Gasteiger partial charge in [0.1, 0.15) is 0 Å². The number of nitrogens with zero attached hydrogens (tertiary/aromatic N) is 2. The highest BCUT2D eigenvalue weighted by Crippen LogP contribution is 2.14. The van der Waals surface area contributed by atoms with Gasteiger partial charge in [-0.2, -0.15) is 0 Å². The summed E-state index contributed by atoms with van der Waals surface area (Å²) in [5, 5.41) is 8.78. The van der Waals surface area contributed by atoms with Gasteiger partial charge in [0.15, 0.2) is 0 Å². The first-order chi connectivity index (χ1) is 5.72. The third-order valence-electron chi connectivity index (χ3n) is 2.37. The minimum absolute atomic E-state index is 0.365. The molecule has 0 unspecified atom stereocenters. The van der Waals surface area contributed by atoms with E-state index < -0.39 is 0 Å². The molecule has 1 heterocycles. The summed E-state index contributed by atoms with van der Waals surface area (Å²) < 4.78 is 0. The number of aliphatic hydroxyl groups is 1. The molecule has 3 nitrogen and oxygen atoms in total. The van der Waals surface area contributed by atoms with Gasteiger partial charge in [-0.15, -0.1) is 0 Å². The maximum absolute atomic E-state index is 8.78. The highest BCUT2D eigenvalue weighted by atomic mass is 16.3. The Bertz CT molecular complexity index is 122. The van der Waals surface area contributed by atoms with Crippen LogP contribution < -0.4 is 0 Å². The molecule has 1 aliphatic heterocycles. The monoisotopic (exact) mass is 172 g/mol. The zero-order valence-electron chi connectivity index (χ0n) is 8.16. The summed E-state index contributed by atoms with van der Waals surface area (Å²) in [4.78, 5) is 4.62. The third-order valence-corrected chi connectivity index (χ3v) is 2.37. The molecule has 1 saturated heterocycles. The fourth-order valence-electron chi connectivity index (χ4n) is 1.59. The van der Waals surface area contributed by atoms with E-state index in [4.69, 9.17) is 5.11 Å². The molecular formula is C9H20N2O. The standard InChI is InChI=1S/C9H20N2O/c1-10(2)4-3-5-11-6-9(7-11)8-12/h9,12H,3-8H2,1-2H3. The quantitative estimate of drug-likeness (QED) is 0.625. The van der Waals surface area contributed by atoms with Crippen molar-refractivity contribution in [2.24, 2.45) is 5.92 Å². The van der Waals surface area contributed by atoms with Gasteiger partial charge >= 0.3 is 0 Å². The van der Waals surface area contributed by atoms with Crippen LogP contribution in [0.3, 0.4) is 0 Å². The van der Waals surface area contributed by atoms with E-state index in [2.05, 4.69) is 23.9 Å². The molecule has 1 N–H and O–H groups in total. The summed E-state index contributed by atoms with van der Waals surface area (Å²) in [7, 11) is 4.21. The van der Waals surface area contributed by atoms with Crippen LogP contribution in [-0.2, 0) is 0 Å². The minimum atomic E-state index is 0.365. The van der Waals surface area contributed by atoms with Crippen LogP contribution in [-0.4, -0.2) is 61.8 Å². The predicted octanol–water partition coefficient (Wildman–Crippen LogP) is -0.138. The van der Waals surface area contributed by atoms with E-state index in [0.29, 0.717) is 12.5 Å². The van der Waals surface area contributed by atoms with Crippen LogP contribution >= 0.6 is 0 Å². The van der Waals surface area contributed by atoms with E-state index >= 15 is 0 Å². The fourth-order valence-corrected chi connectivity index (χ4v) is 1.59. The van der Waals surface area contributed by atoms with Crippen molar-refractivity contribution in [1.82, 2.24) is 9.80 Å². The van der Waals surface area contributed by atoms with Crippen LogP contribution in [0.1, 0.15) is 6.42 Å². The zero-order valence-corrected chi connectivity index (χ0v) is 8.16. The SMILES string of the molecule is CN(C)CCCN1CC(CO)C1. The number of aliphatic hydroxyl groups excluding tert-OH is 1. The first-order valence-corrected chi connectivity index (χ1v) is 4.70. The van der Waals surface area contributed by atoms with E-state index in [-0.39, 0.29) is 0 Å². The lowest BCUT2D eigenvalue weighted by Crippen LogP contribution is -2.48. The van der Waals surface area contributed by atoms with Gasteiger partial charge in [-0.1, -0.05) is 0 Å². The fraction of sp³-hybridized carbons (Fsp3) is 1.00. The highest BCUT2D eigenvalue weighted by molar-refractivity contribution is 4.78. The molecule has 12 heavy (non-hydrogen) atoms. The molecule has 0 aliphatic carbocycles. The van der Waals surface area contributed by atoms with Crippen molar-refractivity contribution in [3.05, 3.63) is 0 Å². The molecule has 1 aliphatic rings. The van der Waals surface area contributed by atoms with E-state index in [1.165, 1.54) is 19.5 Å². The Balaban J connectivity index is 1.90. The van der Waals surface area contributed by atoms with Crippen LogP contribution in [0.4, 0.5) is 0 Å². The number of hydrogen-bond acceptors (Lipinski definition) is 3. The van der Waals surface area contributed by atoms with E-state index in [9.17, 15) is 0 Å². The van der Waals surface area contributed by atoms with Gasteiger partial charge < -0.3 is 14.9 Å². The predicted molar refractivity (Wildman–Crippen MR) is 50.2 cm³/mol. The Morgan fingerprint density at radius 3 is 2.58 bits per heavy atom. The van der Waals surface area contributed by atoms with Crippen LogP contribution in [0.5, 0.6) is 0 Å². The molecule has 0 amide bonds. The smallest absolute Gasteiger partial charge is 0.0483 e. The molecule has 1 fully saturated rings. The lowest BCUT2D eigenvalue weighted by atomic mass is 10.0. The molecule has 0 bridgehead atoms. The first kappa shape index (κ1) is 9.96. The first-order valence-electron chi connectivity index (χ1n) is 4.70. The third kappa shape index (κ3) is 3.09. The maximum atomic E-state index is 8.78. The summed E-state index contributed by atoms with van der Waals surface area (Å²) in [5.41, 5.74) is 0. The Hall–Kier alpha value is -0.120. The van der Waals surface area contributed by atoms with E-state index in [0.717, 1.165) is 13.1 Å². The van der Waals surface area contributed by atoms with Crippen LogP contribution in [0.15, 0.2) is 0 Å². The van der Waals surface area contributed by atoms with Crippen molar-refractivity contribution >= 4 is 0 Å². The highest BCUT2D eigenvalue weighted by Gasteiger charge is 2.24. The lowest BCUT2D eigenvalue weighted by molar-refractivity contribution is 0.0518. The molecule has 1 rings (SSSR count). The maximum Gasteiger partial charge on any atom is 0.0483 e. The van der Waals surface area contributed by atoms with Crippen molar-refractivity contribution < 1.29 is 5.11 Å². The second kappa shape index (κ2) is 4.80. The number of hydrogen-bond donors (Lipinski definition) is 1. The molecule has 72 valence electrons. The second-order valence-corrected chi connectivity index (χ2v) is 3.97. The van der Waals surface area contributed by atoms with Gasteiger partial charge in [-0.3, -0.25) is 0 Å². The van der Waals surface area contributed by atoms with Crippen LogP contribution in [0.25, 0.3) is 0 Å². The average Bonchev–Trinajstić information content (AvgIpc) is 1.93. The molecule has 0 radical (unpaired) electrons. The number of likely N-dealkylation sites (tertiary alicyclic amines) is 1. The van der Waals surface area contributed by atoms with Crippen LogP contribution in [0.2, 0.25) is 0 Å². The topological polar surface area (TPSA) is 26.7 Å². The van der Waals surface area contributed by atoms with Crippen molar-refractivity contribution in [3.63, 3.8) is 0 Å². The second-order valence-electron chi connectivity index (χ2n) is 3.97. The van der Waals surface area contributed by atoms with Gasteiger partial charge in [0, 0.05) is 25.6 Å². The lowest BCUT2D eigenvalue weighted by Gasteiger charge is -2.38. The Morgan fingerprint density at radius 2 is 2.08 bits per heavy atom. The van der Waals surface area contributed by atoms with Gasteiger partial charge in [0.2, 0.25) is 0 Å². The minimum Gasteiger partial charge on any atom is -0.396 e. The Kier molecular flexibility index (Phi) is 3.98.